The summed E-state index contributed by atoms with van der Waals surface area (Å²) in [5, 5.41) is 3.27. The van der Waals surface area contributed by atoms with E-state index in [2.05, 4.69) is 15.3 Å². The van der Waals surface area contributed by atoms with Crippen molar-refractivity contribution in [3.8, 4) is 0 Å². The fourth-order valence-electron chi connectivity index (χ4n) is 0.912. The van der Waals surface area contributed by atoms with Crippen LogP contribution in [0.3, 0.4) is 0 Å². The van der Waals surface area contributed by atoms with E-state index in [1.165, 1.54) is 6.33 Å². The number of hydrogen-bond acceptors (Lipinski definition) is 4. The second-order valence-electron chi connectivity index (χ2n) is 3.75. The van der Waals surface area contributed by atoms with Gasteiger partial charge in [-0.15, -0.1) is 0 Å². The van der Waals surface area contributed by atoms with Crippen molar-refractivity contribution in [3.63, 3.8) is 0 Å². The van der Waals surface area contributed by atoms with E-state index < -0.39 is 11.4 Å². The van der Waals surface area contributed by atoms with Crippen molar-refractivity contribution in [2.24, 2.45) is 5.73 Å². The van der Waals surface area contributed by atoms with Crippen LogP contribution < -0.4 is 11.1 Å². The van der Waals surface area contributed by atoms with Crippen LogP contribution in [0.15, 0.2) is 6.33 Å². The Morgan fingerprint density at radius 3 is 2.67 bits per heavy atom. The number of nitrogens with two attached hydrogens (primary N) is 1. The van der Waals surface area contributed by atoms with Crippen LogP contribution in [0.25, 0.3) is 0 Å². The Balaban J connectivity index is 3.00. The Kier molecular flexibility index (Phi) is 3.14. The number of rotatable bonds is 3. The molecule has 0 unspecified atom stereocenters. The van der Waals surface area contributed by atoms with Crippen molar-refractivity contribution in [2.75, 3.05) is 5.32 Å². The highest BCUT2D eigenvalue weighted by molar-refractivity contribution is 6.30. The first-order chi connectivity index (χ1) is 6.84. The zero-order valence-corrected chi connectivity index (χ0v) is 9.59. The van der Waals surface area contributed by atoms with Crippen LogP contribution >= 0.6 is 11.6 Å². The van der Waals surface area contributed by atoms with E-state index in [0.29, 0.717) is 16.5 Å². The second-order valence-corrected chi connectivity index (χ2v) is 4.11. The van der Waals surface area contributed by atoms with E-state index in [0.717, 1.165) is 0 Å². The first-order valence-corrected chi connectivity index (χ1v) is 4.77. The van der Waals surface area contributed by atoms with Gasteiger partial charge in [-0.05, 0) is 20.8 Å². The van der Waals surface area contributed by atoms with E-state index in [9.17, 15) is 4.79 Å². The van der Waals surface area contributed by atoms with Gasteiger partial charge in [0.25, 0.3) is 0 Å². The molecular weight excluding hydrogens is 216 g/mol. The summed E-state index contributed by atoms with van der Waals surface area (Å²) in [6, 6.07) is 0. The van der Waals surface area contributed by atoms with Gasteiger partial charge in [0.05, 0.1) is 0 Å². The molecule has 1 aromatic heterocycles. The summed E-state index contributed by atoms with van der Waals surface area (Å²) in [6.07, 6.45) is 1.33. The number of hydrogen-bond donors (Lipinski definition) is 2. The van der Waals surface area contributed by atoms with E-state index >= 15 is 0 Å². The maximum Gasteiger partial charge on any atom is 0.242 e. The summed E-state index contributed by atoms with van der Waals surface area (Å²) < 4.78 is 0. The van der Waals surface area contributed by atoms with Gasteiger partial charge >= 0.3 is 0 Å². The van der Waals surface area contributed by atoms with E-state index in [1.54, 1.807) is 20.8 Å². The number of anilines is 1. The van der Waals surface area contributed by atoms with Crippen LogP contribution in [0.1, 0.15) is 19.4 Å². The highest BCUT2D eigenvalue weighted by Gasteiger charge is 2.25. The van der Waals surface area contributed by atoms with Crippen molar-refractivity contribution in [3.05, 3.63) is 17.0 Å². The van der Waals surface area contributed by atoms with Crippen LogP contribution in [0.2, 0.25) is 5.15 Å². The molecule has 0 saturated heterocycles. The molecular formula is C9H13ClN4O. The predicted octanol–water partition coefficient (Wildman–Crippen LogP) is 1.11. The summed E-state index contributed by atoms with van der Waals surface area (Å²) in [6.45, 7) is 5.11. The Labute approximate surface area is 93.0 Å². The van der Waals surface area contributed by atoms with E-state index in [-0.39, 0.29) is 0 Å². The molecule has 5 nitrogen and oxygen atoms in total. The number of halogens is 1. The fourth-order valence-corrected chi connectivity index (χ4v) is 1.05. The van der Waals surface area contributed by atoms with Crippen molar-refractivity contribution in [2.45, 2.75) is 26.3 Å². The maximum absolute atomic E-state index is 11.1. The summed E-state index contributed by atoms with van der Waals surface area (Å²) >= 11 is 5.81. The third-order valence-corrected chi connectivity index (χ3v) is 2.45. The van der Waals surface area contributed by atoms with Gasteiger partial charge < -0.3 is 11.1 Å². The quantitative estimate of drug-likeness (QED) is 0.760. The molecule has 3 N–H and O–H groups in total. The zero-order chi connectivity index (χ0) is 11.6. The van der Waals surface area contributed by atoms with Gasteiger partial charge in [0.15, 0.2) is 0 Å². The third kappa shape index (κ3) is 2.56. The van der Waals surface area contributed by atoms with Gasteiger partial charge in [-0.1, -0.05) is 11.6 Å². The number of amides is 1. The lowest BCUT2D eigenvalue weighted by molar-refractivity contribution is -0.121. The molecule has 0 fully saturated rings. The smallest absolute Gasteiger partial charge is 0.242 e. The van der Waals surface area contributed by atoms with Crippen molar-refractivity contribution >= 4 is 23.3 Å². The molecule has 6 heteroatoms. The highest BCUT2D eigenvalue weighted by Crippen LogP contribution is 2.21. The largest absolute Gasteiger partial charge is 0.368 e. The number of nitrogens with one attached hydrogen (secondary N) is 1. The topological polar surface area (TPSA) is 80.9 Å². The molecule has 0 aliphatic carbocycles. The van der Waals surface area contributed by atoms with Crippen LogP contribution in [0, 0.1) is 6.92 Å². The molecule has 1 heterocycles. The lowest BCUT2D eigenvalue weighted by Gasteiger charge is -2.23. The monoisotopic (exact) mass is 228 g/mol. The van der Waals surface area contributed by atoms with Gasteiger partial charge in [-0.2, -0.15) is 0 Å². The fraction of sp³-hybridized carbons (Fsp3) is 0.444. The molecule has 0 aromatic carbocycles. The van der Waals surface area contributed by atoms with Crippen molar-refractivity contribution < 1.29 is 4.79 Å². The van der Waals surface area contributed by atoms with Crippen LogP contribution in [0.5, 0.6) is 0 Å². The molecule has 0 bridgehead atoms. The maximum atomic E-state index is 11.1. The van der Waals surface area contributed by atoms with Gasteiger partial charge in [-0.25, -0.2) is 9.97 Å². The van der Waals surface area contributed by atoms with Gasteiger partial charge in [0.2, 0.25) is 5.91 Å². The zero-order valence-electron chi connectivity index (χ0n) is 8.84. The van der Waals surface area contributed by atoms with E-state index in [4.69, 9.17) is 17.3 Å². The molecule has 82 valence electrons. The Morgan fingerprint density at radius 2 is 2.13 bits per heavy atom. The average Bonchev–Trinajstić information content (AvgIpc) is 2.12. The minimum atomic E-state index is -0.873. The third-order valence-electron chi connectivity index (χ3n) is 2.07. The first kappa shape index (κ1) is 11.7. The van der Waals surface area contributed by atoms with Crippen molar-refractivity contribution in [1.82, 2.24) is 9.97 Å². The highest BCUT2D eigenvalue weighted by atomic mass is 35.5. The summed E-state index contributed by atoms with van der Waals surface area (Å²) in [5.41, 5.74) is 5.04. The normalized spacial score (nSPS) is 11.2. The molecule has 1 aromatic rings. The number of nitrogens with zero attached hydrogens (tertiary/aromatic N) is 2. The Morgan fingerprint density at radius 1 is 1.53 bits per heavy atom. The minimum Gasteiger partial charge on any atom is -0.368 e. The number of aromatic nitrogens is 2. The molecule has 0 saturated carbocycles. The van der Waals surface area contributed by atoms with Gasteiger partial charge in [0.1, 0.15) is 22.8 Å². The van der Waals surface area contributed by atoms with Gasteiger partial charge in [0, 0.05) is 5.56 Å². The number of carbonyl (C=O) groups is 1. The molecule has 0 radical (unpaired) electrons. The van der Waals surface area contributed by atoms with E-state index in [1.807, 2.05) is 0 Å². The predicted molar refractivity (Wildman–Crippen MR) is 58.7 cm³/mol. The molecule has 0 aliphatic heterocycles. The first-order valence-electron chi connectivity index (χ1n) is 4.40. The molecule has 15 heavy (non-hydrogen) atoms. The molecule has 1 amide bonds. The average molecular weight is 229 g/mol. The molecule has 0 aliphatic rings. The molecule has 1 rings (SSSR count). The summed E-state index contributed by atoms with van der Waals surface area (Å²) in [4.78, 5) is 18.9. The second kappa shape index (κ2) is 4.02. The summed E-state index contributed by atoms with van der Waals surface area (Å²) in [7, 11) is 0. The Hall–Kier alpha value is -1.36. The summed E-state index contributed by atoms with van der Waals surface area (Å²) in [5.74, 6) is 0.0513. The number of primary amides is 1. The molecule has 0 spiro atoms. The van der Waals surface area contributed by atoms with Crippen LogP contribution in [-0.2, 0) is 4.79 Å². The standard InChI is InChI=1S/C9H13ClN4O/c1-5-6(10)12-4-13-7(5)14-9(2,3)8(11)15/h4H,1-3H3,(H2,11,15)(H,12,13,14). The van der Waals surface area contributed by atoms with Crippen LogP contribution in [-0.4, -0.2) is 21.4 Å². The Bertz CT molecular complexity index is 392. The van der Waals surface area contributed by atoms with Gasteiger partial charge in [-0.3, -0.25) is 4.79 Å². The van der Waals surface area contributed by atoms with Crippen molar-refractivity contribution in [1.29, 1.82) is 0 Å². The van der Waals surface area contributed by atoms with Crippen LogP contribution in [0.4, 0.5) is 5.82 Å². The SMILES string of the molecule is Cc1c(Cl)ncnc1NC(C)(C)C(N)=O. The minimum absolute atomic E-state index is 0.354. The number of carbonyl (C=O) groups excluding carboxylic acids is 1. The lowest BCUT2D eigenvalue weighted by Crippen LogP contribution is -2.45. The lowest BCUT2D eigenvalue weighted by atomic mass is 10.1. The molecule has 0 atom stereocenters.